The Morgan fingerprint density at radius 2 is 1.94 bits per heavy atom. The molecule has 17 heavy (non-hydrogen) atoms. The van der Waals surface area contributed by atoms with Gasteiger partial charge < -0.3 is 10.1 Å². The SMILES string of the molecule is CCNC(CC)c1ccc(OCC2CC2)cc1. The molecule has 1 atom stereocenters. The third-order valence-electron chi connectivity index (χ3n) is 3.32. The fourth-order valence-corrected chi connectivity index (χ4v) is 2.04. The summed E-state index contributed by atoms with van der Waals surface area (Å²) in [6.45, 7) is 6.27. The van der Waals surface area contributed by atoms with Gasteiger partial charge in [0, 0.05) is 6.04 Å². The molecular formula is C15H23NO. The molecule has 1 N–H and O–H groups in total. The van der Waals surface area contributed by atoms with Crippen molar-refractivity contribution in [3.8, 4) is 5.75 Å². The Morgan fingerprint density at radius 3 is 2.47 bits per heavy atom. The van der Waals surface area contributed by atoms with E-state index in [1.807, 2.05) is 0 Å². The van der Waals surface area contributed by atoms with E-state index < -0.39 is 0 Å². The number of ether oxygens (including phenoxy) is 1. The molecule has 1 fully saturated rings. The van der Waals surface area contributed by atoms with Crippen molar-refractivity contribution < 1.29 is 4.74 Å². The predicted molar refractivity (Wildman–Crippen MR) is 71.4 cm³/mol. The lowest BCUT2D eigenvalue weighted by Gasteiger charge is -2.16. The van der Waals surface area contributed by atoms with Gasteiger partial charge in [-0.25, -0.2) is 0 Å². The molecule has 0 saturated heterocycles. The summed E-state index contributed by atoms with van der Waals surface area (Å²) in [6, 6.07) is 9.02. The lowest BCUT2D eigenvalue weighted by atomic mass is 10.0. The van der Waals surface area contributed by atoms with E-state index in [1.165, 1.54) is 18.4 Å². The minimum Gasteiger partial charge on any atom is -0.493 e. The molecule has 0 amide bonds. The Morgan fingerprint density at radius 1 is 1.24 bits per heavy atom. The minimum absolute atomic E-state index is 0.470. The average Bonchev–Trinajstić information content (AvgIpc) is 3.18. The second kappa shape index (κ2) is 6.06. The highest BCUT2D eigenvalue weighted by Crippen LogP contribution is 2.29. The summed E-state index contributed by atoms with van der Waals surface area (Å²) < 4.78 is 5.74. The maximum Gasteiger partial charge on any atom is 0.119 e. The standard InChI is InChI=1S/C15H23NO/c1-3-15(16-4-2)13-7-9-14(10-8-13)17-11-12-5-6-12/h7-10,12,15-16H,3-6,11H2,1-2H3. The first kappa shape index (κ1) is 12.4. The van der Waals surface area contributed by atoms with Crippen molar-refractivity contribution >= 4 is 0 Å². The Hall–Kier alpha value is -1.02. The first-order valence-electron chi connectivity index (χ1n) is 6.79. The van der Waals surface area contributed by atoms with Crippen LogP contribution in [0.4, 0.5) is 0 Å². The van der Waals surface area contributed by atoms with E-state index in [0.717, 1.165) is 31.2 Å². The van der Waals surface area contributed by atoms with Gasteiger partial charge in [0.05, 0.1) is 6.61 Å². The van der Waals surface area contributed by atoms with E-state index in [-0.39, 0.29) is 0 Å². The van der Waals surface area contributed by atoms with Crippen molar-refractivity contribution in [1.82, 2.24) is 5.32 Å². The van der Waals surface area contributed by atoms with Crippen LogP contribution in [0.15, 0.2) is 24.3 Å². The van der Waals surface area contributed by atoms with Crippen molar-refractivity contribution in [2.24, 2.45) is 5.92 Å². The zero-order valence-electron chi connectivity index (χ0n) is 10.9. The average molecular weight is 233 g/mol. The largest absolute Gasteiger partial charge is 0.493 e. The summed E-state index contributed by atoms with van der Waals surface area (Å²) in [7, 11) is 0. The molecule has 0 aliphatic heterocycles. The van der Waals surface area contributed by atoms with E-state index in [2.05, 4.69) is 43.4 Å². The van der Waals surface area contributed by atoms with Gasteiger partial charge in [0.25, 0.3) is 0 Å². The van der Waals surface area contributed by atoms with Crippen LogP contribution in [-0.2, 0) is 0 Å². The van der Waals surface area contributed by atoms with Crippen LogP contribution in [0.5, 0.6) is 5.75 Å². The number of benzene rings is 1. The molecular weight excluding hydrogens is 210 g/mol. The molecule has 0 aromatic heterocycles. The number of nitrogens with one attached hydrogen (secondary N) is 1. The first-order valence-corrected chi connectivity index (χ1v) is 6.79. The van der Waals surface area contributed by atoms with Crippen LogP contribution in [0, 0.1) is 5.92 Å². The van der Waals surface area contributed by atoms with Crippen LogP contribution in [0.2, 0.25) is 0 Å². The fourth-order valence-electron chi connectivity index (χ4n) is 2.04. The van der Waals surface area contributed by atoms with Crippen molar-refractivity contribution in [2.75, 3.05) is 13.2 Å². The molecule has 1 unspecified atom stereocenters. The fraction of sp³-hybridized carbons (Fsp3) is 0.600. The van der Waals surface area contributed by atoms with E-state index in [9.17, 15) is 0 Å². The number of hydrogen-bond donors (Lipinski definition) is 1. The lowest BCUT2D eigenvalue weighted by Crippen LogP contribution is -2.19. The third kappa shape index (κ3) is 3.74. The molecule has 0 heterocycles. The topological polar surface area (TPSA) is 21.3 Å². The molecule has 1 aromatic carbocycles. The van der Waals surface area contributed by atoms with Crippen molar-refractivity contribution in [1.29, 1.82) is 0 Å². The normalized spacial score (nSPS) is 16.8. The smallest absolute Gasteiger partial charge is 0.119 e. The maximum absolute atomic E-state index is 5.74. The molecule has 1 aliphatic rings. The van der Waals surface area contributed by atoms with Crippen LogP contribution >= 0.6 is 0 Å². The molecule has 2 rings (SSSR count). The molecule has 94 valence electrons. The van der Waals surface area contributed by atoms with Gasteiger partial charge >= 0.3 is 0 Å². The maximum atomic E-state index is 5.74. The molecule has 2 heteroatoms. The highest BCUT2D eigenvalue weighted by Gasteiger charge is 2.21. The van der Waals surface area contributed by atoms with Crippen LogP contribution in [-0.4, -0.2) is 13.2 Å². The summed E-state index contributed by atoms with van der Waals surface area (Å²) in [5, 5.41) is 3.49. The van der Waals surface area contributed by atoms with Crippen molar-refractivity contribution in [3.63, 3.8) is 0 Å². The highest BCUT2D eigenvalue weighted by atomic mass is 16.5. The van der Waals surface area contributed by atoms with Gasteiger partial charge in [0.2, 0.25) is 0 Å². The Kier molecular flexibility index (Phi) is 4.43. The van der Waals surface area contributed by atoms with Gasteiger partial charge in [-0.05, 0) is 49.4 Å². The molecule has 0 spiro atoms. The third-order valence-corrected chi connectivity index (χ3v) is 3.32. The summed E-state index contributed by atoms with van der Waals surface area (Å²) in [4.78, 5) is 0. The van der Waals surface area contributed by atoms with Crippen LogP contribution in [0.25, 0.3) is 0 Å². The summed E-state index contributed by atoms with van der Waals surface area (Å²) in [5.74, 6) is 1.83. The van der Waals surface area contributed by atoms with Gasteiger partial charge in [-0.15, -0.1) is 0 Å². The molecule has 0 radical (unpaired) electrons. The molecule has 2 nitrogen and oxygen atoms in total. The summed E-state index contributed by atoms with van der Waals surface area (Å²) >= 11 is 0. The second-order valence-electron chi connectivity index (χ2n) is 4.84. The van der Waals surface area contributed by atoms with Crippen LogP contribution < -0.4 is 10.1 Å². The van der Waals surface area contributed by atoms with Crippen molar-refractivity contribution in [2.45, 2.75) is 39.2 Å². The molecule has 1 aromatic rings. The van der Waals surface area contributed by atoms with Crippen molar-refractivity contribution in [3.05, 3.63) is 29.8 Å². The summed E-state index contributed by atoms with van der Waals surface area (Å²) in [5.41, 5.74) is 1.35. The van der Waals surface area contributed by atoms with E-state index in [1.54, 1.807) is 0 Å². The number of rotatable bonds is 7. The highest BCUT2D eigenvalue weighted by molar-refractivity contribution is 5.29. The predicted octanol–water partition coefficient (Wildman–Crippen LogP) is 3.54. The number of hydrogen-bond acceptors (Lipinski definition) is 2. The quantitative estimate of drug-likeness (QED) is 0.778. The van der Waals surface area contributed by atoms with Gasteiger partial charge in [-0.2, -0.15) is 0 Å². The van der Waals surface area contributed by atoms with Gasteiger partial charge in [0.1, 0.15) is 5.75 Å². The van der Waals surface area contributed by atoms with Crippen LogP contribution in [0.1, 0.15) is 44.7 Å². The van der Waals surface area contributed by atoms with Gasteiger partial charge in [-0.1, -0.05) is 26.0 Å². The summed E-state index contributed by atoms with van der Waals surface area (Å²) in [6.07, 6.45) is 3.81. The Bertz CT molecular complexity index is 329. The van der Waals surface area contributed by atoms with E-state index >= 15 is 0 Å². The minimum atomic E-state index is 0.470. The molecule has 1 saturated carbocycles. The monoisotopic (exact) mass is 233 g/mol. The Labute approximate surface area is 104 Å². The molecule has 1 aliphatic carbocycles. The lowest BCUT2D eigenvalue weighted by molar-refractivity contribution is 0.299. The van der Waals surface area contributed by atoms with E-state index in [0.29, 0.717) is 6.04 Å². The molecule has 0 bridgehead atoms. The first-order chi connectivity index (χ1) is 8.33. The van der Waals surface area contributed by atoms with Gasteiger partial charge in [0.15, 0.2) is 0 Å². The zero-order valence-corrected chi connectivity index (χ0v) is 10.9. The Balaban J connectivity index is 1.90. The van der Waals surface area contributed by atoms with E-state index in [4.69, 9.17) is 4.74 Å². The zero-order chi connectivity index (χ0) is 12.1. The van der Waals surface area contributed by atoms with Crippen LogP contribution in [0.3, 0.4) is 0 Å². The van der Waals surface area contributed by atoms with Gasteiger partial charge in [-0.3, -0.25) is 0 Å². The second-order valence-corrected chi connectivity index (χ2v) is 4.84.